The molecule has 0 aliphatic heterocycles. The lowest BCUT2D eigenvalue weighted by Gasteiger charge is -2.05. The van der Waals surface area contributed by atoms with Crippen molar-refractivity contribution in [3.8, 4) is 0 Å². The lowest BCUT2D eigenvalue weighted by atomic mass is 10.3. The smallest absolute Gasteiger partial charge is 0.303 e. The van der Waals surface area contributed by atoms with Gasteiger partial charge in [0.2, 0.25) is 12.8 Å². The van der Waals surface area contributed by atoms with Gasteiger partial charge in [-0.3, -0.25) is 19.3 Å². The van der Waals surface area contributed by atoms with Crippen molar-refractivity contribution in [2.24, 2.45) is 0 Å². The molecule has 1 N–H and O–H groups in total. The minimum absolute atomic E-state index is 0.0296. The van der Waals surface area contributed by atoms with Crippen LogP contribution < -0.4 is 0 Å². The molecule has 2 amide bonds. The summed E-state index contributed by atoms with van der Waals surface area (Å²) in [6.45, 7) is 0.166. The van der Waals surface area contributed by atoms with Crippen LogP contribution in [0.5, 0.6) is 0 Å². The Morgan fingerprint density at radius 2 is 1.91 bits per heavy atom. The van der Waals surface area contributed by atoms with Crippen LogP contribution in [-0.4, -0.2) is 35.3 Å². The number of carboxylic acid groups (broad SMARTS) is 1. The van der Waals surface area contributed by atoms with Crippen molar-refractivity contribution in [2.75, 3.05) is 6.54 Å². The molecular formula is C6H9NO4. The van der Waals surface area contributed by atoms with Crippen LogP contribution in [-0.2, 0) is 14.4 Å². The summed E-state index contributed by atoms with van der Waals surface area (Å²) < 4.78 is 0. The number of rotatable bonds is 6. The van der Waals surface area contributed by atoms with Gasteiger partial charge in [-0.15, -0.1) is 0 Å². The molecular weight excluding hydrogens is 150 g/mol. The van der Waals surface area contributed by atoms with Gasteiger partial charge in [0.05, 0.1) is 0 Å². The molecule has 0 saturated heterocycles. The van der Waals surface area contributed by atoms with Crippen LogP contribution in [0.3, 0.4) is 0 Å². The lowest BCUT2D eigenvalue weighted by Crippen LogP contribution is -2.21. The van der Waals surface area contributed by atoms with E-state index in [9.17, 15) is 14.4 Å². The fourth-order valence-electron chi connectivity index (χ4n) is 0.543. The summed E-state index contributed by atoms with van der Waals surface area (Å²) in [5.41, 5.74) is 0. The predicted octanol–water partition coefficient (Wildman–Crippen LogP) is -0.534. The number of imide groups is 1. The molecule has 0 bridgehead atoms. The normalized spacial score (nSPS) is 8.73. The van der Waals surface area contributed by atoms with Gasteiger partial charge in [0.1, 0.15) is 0 Å². The summed E-state index contributed by atoms with van der Waals surface area (Å²) in [5, 5.41) is 8.18. The first-order valence-corrected chi connectivity index (χ1v) is 3.09. The van der Waals surface area contributed by atoms with E-state index in [1.165, 1.54) is 0 Å². The maximum Gasteiger partial charge on any atom is 0.303 e. The van der Waals surface area contributed by atoms with E-state index in [2.05, 4.69) is 0 Å². The Hall–Kier alpha value is -1.39. The molecule has 5 nitrogen and oxygen atoms in total. The topological polar surface area (TPSA) is 74.7 Å². The molecule has 0 fully saturated rings. The number of nitrogens with zero attached hydrogens (tertiary/aromatic N) is 1. The molecule has 0 spiro atoms. The Balaban J connectivity index is 3.43. The summed E-state index contributed by atoms with van der Waals surface area (Å²) in [4.78, 5) is 30.7. The van der Waals surface area contributed by atoms with Gasteiger partial charge < -0.3 is 5.11 Å². The molecule has 0 radical (unpaired) electrons. The molecule has 0 saturated carbocycles. The van der Waals surface area contributed by atoms with Crippen LogP contribution in [0, 0.1) is 0 Å². The monoisotopic (exact) mass is 159 g/mol. The van der Waals surface area contributed by atoms with Gasteiger partial charge in [-0.25, -0.2) is 0 Å². The third-order valence-electron chi connectivity index (χ3n) is 1.08. The van der Waals surface area contributed by atoms with Crippen molar-refractivity contribution >= 4 is 18.8 Å². The van der Waals surface area contributed by atoms with Crippen molar-refractivity contribution in [3.05, 3.63) is 0 Å². The number of carbonyl (C=O) groups excluding carboxylic acids is 2. The van der Waals surface area contributed by atoms with Gasteiger partial charge in [-0.1, -0.05) is 0 Å². The Bertz CT molecular complexity index is 149. The zero-order chi connectivity index (χ0) is 8.69. The first kappa shape index (κ1) is 9.61. The van der Waals surface area contributed by atoms with Crippen LogP contribution in [0.25, 0.3) is 0 Å². The highest BCUT2D eigenvalue weighted by Crippen LogP contribution is 1.90. The molecule has 0 aliphatic rings. The van der Waals surface area contributed by atoms with Crippen LogP contribution in [0.1, 0.15) is 12.8 Å². The molecule has 0 unspecified atom stereocenters. The maximum absolute atomic E-state index is 9.96. The largest absolute Gasteiger partial charge is 0.481 e. The van der Waals surface area contributed by atoms with E-state index in [1.807, 2.05) is 0 Å². The average Bonchev–Trinajstić information content (AvgIpc) is 1.98. The molecule has 11 heavy (non-hydrogen) atoms. The second kappa shape index (κ2) is 5.40. The molecule has 0 aromatic heterocycles. The number of aliphatic carboxylic acids is 1. The predicted molar refractivity (Wildman–Crippen MR) is 35.7 cm³/mol. The number of hydrogen-bond donors (Lipinski definition) is 1. The summed E-state index contributed by atoms with van der Waals surface area (Å²) >= 11 is 0. The molecule has 0 aliphatic carbocycles. The molecule has 5 heteroatoms. The molecule has 0 rings (SSSR count). The highest BCUT2D eigenvalue weighted by molar-refractivity contribution is 5.69. The van der Waals surface area contributed by atoms with E-state index < -0.39 is 5.97 Å². The average molecular weight is 159 g/mol. The fraction of sp³-hybridized carbons (Fsp3) is 0.500. The summed E-state index contributed by atoms with van der Waals surface area (Å²) in [6, 6.07) is 0. The third-order valence-corrected chi connectivity index (χ3v) is 1.08. The zero-order valence-corrected chi connectivity index (χ0v) is 5.90. The van der Waals surface area contributed by atoms with Gasteiger partial charge >= 0.3 is 5.97 Å². The first-order chi connectivity index (χ1) is 5.20. The van der Waals surface area contributed by atoms with Gasteiger partial charge in [0.25, 0.3) is 0 Å². The Morgan fingerprint density at radius 1 is 1.36 bits per heavy atom. The van der Waals surface area contributed by atoms with Crippen molar-refractivity contribution in [3.63, 3.8) is 0 Å². The second-order valence-electron chi connectivity index (χ2n) is 1.95. The minimum Gasteiger partial charge on any atom is -0.481 e. The fourth-order valence-corrected chi connectivity index (χ4v) is 0.543. The van der Waals surface area contributed by atoms with Gasteiger partial charge in [0, 0.05) is 13.0 Å². The van der Waals surface area contributed by atoms with Crippen LogP contribution in [0.4, 0.5) is 0 Å². The molecule has 0 heterocycles. The quantitative estimate of drug-likeness (QED) is 0.528. The van der Waals surface area contributed by atoms with E-state index in [0.29, 0.717) is 19.2 Å². The van der Waals surface area contributed by atoms with Crippen molar-refractivity contribution in [1.29, 1.82) is 0 Å². The third kappa shape index (κ3) is 5.07. The summed E-state index contributed by atoms with van der Waals surface area (Å²) in [5.74, 6) is -0.929. The Morgan fingerprint density at radius 3 is 2.27 bits per heavy atom. The SMILES string of the molecule is O=CN(C=O)CCCC(=O)O. The first-order valence-electron chi connectivity index (χ1n) is 3.09. The summed E-state index contributed by atoms with van der Waals surface area (Å²) in [6.07, 6.45) is 1.01. The van der Waals surface area contributed by atoms with E-state index in [-0.39, 0.29) is 13.0 Å². The molecule has 62 valence electrons. The van der Waals surface area contributed by atoms with Gasteiger partial charge in [-0.2, -0.15) is 0 Å². The lowest BCUT2D eigenvalue weighted by molar-refractivity contribution is -0.138. The minimum atomic E-state index is -0.929. The van der Waals surface area contributed by atoms with Gasteiger partial charge in [0.15, 0.2) is 0 Å². The zero-order valence-electron chi connectivity index (χ0n) is 5.90. The Kier molecular flexibility index (Phi) is 4.72. The number of carbonyl (C=O) groups is 3. The summed E-state index contributed by atoms with van der Waals surface area (Å²) in [7, 11) is 0. The number of carboxylic acids is 1. The molecule has 0 aromatic carbocycles. The van der Waals surface area contributed by atoms with Crippen molar-refractivity contribution < 1.29 is 19.5 Å². The second-order valence-corrected chi connectivity index (χ2v) is 1.95. The van der Waals surface area contributed by atoms with Crippen molar-refractivity contribution in [2.45, 2.75) is 12.8 Å². The van der Waals surface area contributed by atoms with E-state index in [4.69, 9.17) is 5.11 Å². The van der Waals surface area contributed by atoms with E-state index in [0.717, 1.165) is 4.90 Å². The number of hydrogen-bond acceptors (Lipinski definition) is 3. The van der Waals surface area contributed by atoms with Gasteiger partial charge in [-0.05, 0) is 6.42 Å². The van der Waals surface area contributed by atoms with Crippen LogP contribution >= 0.6 is 0 Å². The molecule has 0 aromatic rings. The Labute approximate surface area is 63.6 Å². The van der Waals surface area contributed by atoms with Crippen LogP contribution in [0.15, 0.2) is 0 Å². The molecule has 0 atom stereocenters. The standard InChI is InChI=1S/C6H9NO4/c8-4-7(5-9)3-1-2-6(10)11/h4-5H,1-3H2,(H,10,11). The highest BCUT2D eigenvalue weighted by Gasteiger charge is 2.00. The highest BCUT2D eigenvalue weighted by atomic mass is 16.4. The number of amides is 2. The van der Waals surface area contributed by atoms with E-state index >= 15 is 0 Å². The van der Waals surface area contributed by atoms with E-state index in [1.54, 1.807) is 0 Å². The van der Waals surface area contributed by atoms with Crippen LogP contribution in [0.2, 0.25) is 0 Å². The van der Waals surface area contributed by atoms with Crippen molar-refractivity contribution in [1.82, 2.24) is 4.90 Å². The maximum atomic E-state index is 9.96.